The summed E-state index contributed by atoms with van der Waals surface area (Å²) < 4.78 is 1.24. The van der Waals surface area contributed by atoms with Crippen LogP contribution in [0.2, 0.25) is 10.0 Å². The number of benzene rings is 2. The Morgan fingerprint density at radius 2 is 1.68 bits per heavy atom. The Morgan fingerprint density at radius 3 is 2.39 bits per heavy atom. The molecular formula is C24H25Cl2N3O2. The average Bonchev–Trinajstić information content (AvgIpc) is 2.75. The minimum Gasteiger partial charge on any atom is -0.310 e. The van der Waals surface area contributed by atoms with Gasteiger partial charge in [0.1, 0.15) is 0 Å². The van der Waals surface area contributed by atoms with Gasteiger partial charge in [-0.2, -0.15) is 0 Å². The number of halogens is 2. The molecule has 5 nitrogen and oxygen atoms in total. The fourth-order valence-electron chi connectivity index (χ4n) is 4.17. The van der Waals surface area contributed by atoms with E-state index in [2.05, 4.69) is 9.88 Å². The van der Waals surface area contributed by atoms with E-state index < -0.39 is 0 Å². The van der Waals surface area contributed by atoms with Crippen LogP contribution in [0.3, 0.4) is 0 Å². The summed E-state index contributed by atoms with van der Waals surface area (Å²) in [6, 6.07) is 16.7. The van der Waals surface area contributed by atoms with Crippen molar-refractivity contribution < 1.29 is 0 Å². The summed E-state index contributed by atoms with van der Waals surface area (Å²) in [4.78, 5) is 30.2. The number of nitrogens with one attached hydrogen (secondary N) is 1. The van der Waals surface area contributed by atoms with E-state index in [-0.39, 0.29) is 17.8 Å². The molecule has 0 bridgehead atoms. The van der Waals surface area contributed by atoms with Crippen molar-refractivity contribution >= 4 is 23.2 Å². The van der Waals surface area contributed by atoms with Crippen LogP contribution < -0.4 is 11.2 Å². The van der Waals surface area contributed by atoms with Crippen molar-refractivity contribution in [2.24, 2.45) is 5.92 Å². The van der Waals surface area contributed by atoms with Crippen LogP contribution in [0.1, 0.15) is 29.7 Å². The van der Waals surface area contributed by atoms with Gasteiger partial charge in [-0.1, -0.05) is 53.5 Å². The minimum atomic E-state index is -0.364. The summed E-state index contributed by atoms with van der Waals surface area (Å²) in [6.07, 6.45) is 3.00. The summed E-state index contributed by atoms with van der Waals surface area (Å²) in [7, 11) is 0. The molecule has 0 atom stereocenters. The highest BCUT2D eigenvalue weighted by Gasteiger charge is 2.21. The molecule has 2 heterocycles. The first kappa shape index (κ1) is 21.9. The Bertz CT molecular complexity index is 1120. The van der Waals surface area contributed by atoms with E-state index in [4.69, 9.17) is 23.2 Å². The molecule has 162 valence electrons. The molecule has 0 spiro atoms. The standard InChI is InChI=1S/C24H25Cl2N3O2/c25-20-6-7-22(26)19(13-20)12-17-8-10-28(11-9-17)16-21-14-23(30)29(24(31)27-21)15-18-4-2-1-3-5-18/h1-7,13-14,17H,8-12,15-16H2,(H,27,31). The molecule has 1 aliphatic rings. The zero-order valence-electron chi connectivity index (χ0n) is 17.2. The van der Waals surface area contributed by atoms with Crippen LogP contribution in [0.5, 0.6) is 0 Å². The van der Waals surface area contributed by atoms with Crippen molar-refractivity contribution in [1.29, 1.82) is 0 Å². The summed E-state index contributed by atoms with van der Waals surface area (Å²) in [5.41, 5.74) is 2.05. The van der Waals surface area contributed by atoms with Gasteiger partial charge in [0.25, 0.3) is 5.56 Å². The molecule has 31 heavy (non-hydrogen) atoms. The van der Waals surface area contributed by atoms with Crippen LogP contribution in [0.4, 0.5) is 0 Å². The molecule has 1 fully saturated rings. The lowest BCUT2D eigenvalue weighted by Gasteiger charge is -2.32. The van der Waals surface area contributed by atoms with E-state index in [1.807, 2.05) is 48.5 Å². The summed E-state index contributed by atoms with van der Waals surface area (Å²) in [6.45, 7) is 2.67. The van der Waals surface area contributed by atoms with E-state index in [0.29, 0.717) is 23.2 Å². The first-order valence-electron chi connectivity index (χ1n) is 10.5. The molecule has 1 N–H and O–H groups in total. The fourth-order valence-corrected chi connectivity index (χ4v) is 4.56. The highest BCUT2D eigenvalue weighted by Crippen LogP contribution is 2.28. The van der Waals surface area contributed by atoms with Crippen LogP contribution in [-0.4, -0.2) is 27.5 Å². The van der Waals surface area contributed by atoms with Gasteiger partial charge in [-0.15, -0.1) is 0 Å². The number of aromatic amines is 1. The predicted molar refractivity (Wildman–Crippen MR) is 125 cm³/mol. The van der Waals surface area contributed by atoms with Crippen molar-refractivity contribution in [2.45, 2.75) is 32.4 Å². The summed E-state index contributed by atoms with van der Waals surface area (Å²) in [5, 5.41) is 1.48. The van der Waals surface area contributed by atoms with Gasteiger partial charge in [0.2, 0.25) is 0 Å². The number of nitrogens with zero attached hydrogens (tertiary/aromatic N) is 2. The van der Waals surface area contributed by atoms with Crippen LogP contribution in [0.15, 0.2) is 64.2 Å². The second-order valence-corrected chi connectivity index (χ2v) is 9.01. The first-order valence-corrected chi connectivity index (χ1v) is 11.3. The maximum atomic E-state index is 12.5. The molecule has 3 aromatic rings. The molecule has 0 radical (unpaired) electrons. The van der Waals surface area contributed by atoms with E-state index >= 15 is 0 Å². The molecule has 0 saturated carbocycles. The van der Waals surface area contributed by atoms with Crippen molar-refractivity contribution in [3.8, 4) is 0 Å². The minimum absolute atomic E-state index is 0.270. The maximum absolute atomic E-state index is 12.5. The molecule has 1 aliphatic heterocycles. The number of piperidine rings is 1. The average molecular weight is 458 g/mol. The Balaban J connectivity index is 1.36. The van der Waals surface area contributed by atoms with Gasteiger partial charge < -0.3 is 4.98 Å². The third-order valence-electron chi connectivity index (χ3n) is 5.88. The maximum Gasteiger partial charge on any atom is 0.328 e. The SMILES string of the molecule is O=c1cc(CN2CCC(Cc3cc(Cl)ccc3Cl)CC2)[nH]c(=O)n1Cc1ccccc1. The summed E-state index contributed by atoms with van der Waals surface area (Å²) >= 11 is 12.4. The number of hydrogen-bond donors (Lipinski definition) is 1. The third-order valence-corrected chi connectivity index (χ3v) is 6.48. The molecule has 4 rings (SSSR count). The van der Waals surface area contributed by atoms with E-state index in [1.54, 1.807) is 6.07 Å². The van der Waals surface area contributed by atoms with Crippen LogP contribution in [-0.2, 0) is 19.5 Å². The number of hydrogen-bond acceptors (Lipinski definition) is 3. The van der Waals surface area contributed by atoms with E-state index in [1.165, 1.54) is 4.57 Å². The predicted octanol–water partition coefficient (Wildman–Crippen LogP) is 4.35. The van der Waals surface area contributed by atoms with Gasteiger partial charge in [0, 0.05) is 28.4 Å². The highest BCUT2D eigenvalue weighted by atomic mass is 35.5. The molecular weight excluding hydrogens is 433 g/mol. The first-order chi connectivity index (χ1) is 15.0. The molecule has 7 heteroatoms. The van der Waals surface area contributed by atoms with Gasteiger partial charge in [-0.25, -0.2) is 4.79 Å². The highest BCUT2D eigenvalue weighted by molar-refractivity contribution is 6.33. The number of aromatic nitrogens is 2. The van der Waals surface area contributed by atoms with E-state index in [9.17, 15) is 9.59 Å². The van der Waals surface area contributed by atoms with Gasteiger partial charge in [0.15, 0.2) is 0 Å². The molecule has 0 aliphatic carbocycles. The normalized spacial score (nSPS) is 15.3. The molecule has 2 aromatic carbocycles. The second-order valence-electron chi connectivity index (χ2n) is 8.17. The van der Waals surface area contributed by atoms with Gasteiger partial charge >= 0.3 is 5.69 Å². The number of likely N-dealkylation sites (tertiary alicyclic amines) is 1. The van der Waals surface area contributed by atoms with Crippen molar-refractivity contribution in [3.05, 3.63) is 102 Å². The van der Waals surface area contributed by atoms with Gasteiger partial charge in [0.05, 0.1) is 6.54 Å². The van der Waals surface area contributed by atoms with Gasteiger partial charge in [-0.3, -0.25) is 14.3 Å². The smallest absolute Gasteiger partial charge is 0.310 e. The molecule has 1 saturated heterocycles. The zero-order valence-corrected chi connectivity index (χ0v) is 18.7. The van der Waals surface area contributed by atoms with Gasteiger partial charge in [-0.05, 0) is 67.6 Å². The second kappa shape index (κ2) is 9.86. The van der Waals surface area contributed by atoms with Crippen molar-refractivity contribution in [3.63, 3.8) is 0 Å². The third kappa shape index (κ3) is 5.67. The van der Waals surface area contributed by atoms with Crippen LogP contribution >= 0.6 is 23.2 Å². The molecule has 0 amide bonds. The summed E-state index contributed by atoms with van der Waals surface area (Å²) in [5.74, 6) is 0.546. The quantitative estimate of drug-likeness (QED) is 0.598. The van der Waals surface area contributed by atoms with Crippen molar-refractivity contribution in [1.82, 2.24) is 14.5 Å². The lowest BCUT2D eigenvalue weighted by atomic mass is 9.90. The van der Waals surface area contributed by atoms with Crippen LogP contribution in [0, 0.1) is 5.92 Å². The van der Waals surface area contributed by atoms with Crippen LogP contribution in [0.25, 0.3) is 0 Å². The zero-order chi connectivity index (χ0) is 21.8. The Hall–Kier alpha value is -2.34. The topological polar surface area (TPSA) is 58.1 Å². The number of H-pyrrole nitrogens is 1. The molecule has 1 aromatic heterocycles. The van der Waals surface area contributed by atoms with Crippen molar-refractivity contribution in [2.75, 3.05) is 13.1 Å². The molecule has 0 unspecified atom stereocenters. The fraction of sp³-hybridized carbons (Fsp3) is 0.333. The largest absolute Gasteiger partial charge is 0.328 e. The monoisotopic (exact) mass is 457 g/mol. The lowest BCUT2D eigenvalue weighted by molar-refractivity contribution is 0.175. The lowest BCUT2D eigenvalue weighted by Crippen LogP contribution is -2.38. The number of rotatable bonds is 6. The van der Waals surface area contributed by atoms with E-state index in [0.717, 1.165) is 48.5 Å². The Kier molecular flexibility index (Phi) is 6.96. The Morgan fingerprint density at radius 1 is 0.935 bits per heavy atom. The Labute approximate surface area is 191 Å².